The highest BCUT2D eigenvalue weighted by molar-refractivity contribution is 7.15. The molecule has 114 valence electrons. The molecule has 4 heterocycles. The second kappa shape index (κ2) is 5.29. The standard InChI is InChI=1S/C14H9N5O3S/c20-11-6-10(16-13-18(11)4-5-23-13)8-19-12(17-22-14(19)21)9-2-1-3-15-7-9/h1-7H,8H2. The van der Waals surface area contributed by atoms with Gasteiger partial charge in [-0.15, -0.1) is 11.3 Å². The fraction of sp³-hybridized carbons (Fsp3) is 0.0714. The van der Waals surface area contributed by atoms with Gasteiger partial charge in [-0.25, -0.2) is 9.78 Å². The molecular formula is C14H9N5O3S. The van der Waals surface area contributed by atoms with Gasteiger partial charge in [-0.3, -0.25) is 23.3 Å². The third-order valence-corrected chi connectivity index (χ3v) is 4.04. The monoisotopic (exact) mass is 327 g/mol. The van der Waals surface area contributed by atoms with Crippen LogP contribution in [0.4, 0.5) is 0 Å². The zero-order valence-electron chi connectivity index (χ0n) is 11.6. The van der Waals surface area contributed by atoms with E-state index < -0.39 is 5.76 Å². The molecule has 4 aromatic rings. The number of rotatable bonds is 3. The first-order valence-corrected chi connectivity index (χ1v) is 7.53. The topological polar surface area (TPSA) is 95.3 Å². The van der Waals surface area contributed by atoms with Crippen molar-refractivity contribution in [1.82, 2.24) is 24.1 Å². The largest absolute Gasteiger partial charge is 0.442 e. The molecule has 8 nitrogen and oxygen atoms in total. The van der Waals surface area contributed by atoms with E-state index in [-0.39, 0.29) is 12.1 Å². The van der Waals surface area contributed by atoms with Crippen LogP contribution in [0.25, 0.3) is 16.3 Å². The summed E-state index contributed by atoms with van der Waals surface area (Å²) >= 11 is 1.35. The van der Waals surface area contributed by atoms with Crippen molar-refractivity contribution < 1.29 is 4.52 Å². The summed E-state index contributed by atoms with van der Waals surface area (Å²) in [4.78, 5) is 32.9. The van der Waals surface area contributed by atoms with Gasteiger partial charge in [-0.05, 0) is 12.1 Å². The lowest BCUT2D eigenvalue weighted by Crippen LogP contribution is -2.20. The summed E-state index contributed by atoms with van der Waals surface area (Å²) in [5, 5.41) is 5.56. The molecule has 0 atom stereocenters. The summed E-state index contributed by atoms with van der Waals surface area (Å²) < 4.78 is 7.52. The number of hydrogen-bond donors (Lipinski definition) is 0. The molecule has 23 heavy (non-hydrogen) atoms. The summed E-state index contributed by atoms with van der Waals surface area (Å²) in [6.45, 7) is 0.0935. The van der Waals surface area contributed by atoms with Crippen LogP contribution in [0.5, 0.6) is 0 Å². The third-order valence-electron chi connectivity index (χ3n) is 3.28. The van der Waals surface area contributed by atoms with Crippen LogP contribution in [-0.4, -0.2) is 24.1 Å². The van der Waals surface area contributed by atoms with Crippen molar-refractivity contribution in [2.75, 3.05) is 0 Å². The van der Waals surface area contributed by atoms with E-state index in [1.54, 1.807) is 36.1 Å². The minimum Gasteiger partial charge on any atom is -0.295 e. The normalized spacial score (nSPS) is 11.1. The molecule has 0 amide bonds. The Hall–Kier alpha value is -3.07. The van der Waals surface area contributed by atoms with Crippen LogP contribution >= 0.6 is 11.3 Å². The Balaban J connectivity index is 1.81. The first-order chi connectivity index (χ1) is 11.2. The maximum atomic E-state index is 12.0. The molecule has 0 aliphatic rings. The Morgan fingerprint density at radius 2 is 2.22 bits per heavy atom. The highest BCUT2D eigenvalue weighted by atomic mass is 32.1. The maximum absolute atomic E-state index is 12.0. The van der Waals surface area contributed by atoms with Gasteiger partial charge in [0.15, 0.2) is 10.8 Å². The van der Waals surface area contributed by atoms with Crippen molar-refractivity contribution in [2.45, 2.75) is 6.54 Å². The van der Waals surface area contributed by atoms with Crippen molar-refractivity contribution in [3.63, 3.8) is 0 Å². The molecule has 0 saturated heterocycles. The number of thiazole rings is 1. The zero-order chi connectivity index (χ0) is 15.8. The van der Waals surface area contributed by atoms with Crippen LogP contribution < -0.4 is 11.3 Å². The highest BCUT2D eigenvalue weighted by Crippen LogP contribution is 2.15. The van der Waals surface area contributed by atoms with Gasteiger partial charge >= 0.3 is 5.76 Å². The minimum atomic E-state index is -0.614. The average Bonchev–Trinajstić information content (AvgIpc) is 3.16. The van der Waals surface area contributed by atoms with E-state index in [1.165, 1.54) is 26.4 Å². The molecule has 4 aromatic heterocycles. The molecule has 9 heteroatoms. The Bertz CT molecular complexity index is 1090. The average molecular weight is 327 g/mol. The number of aromatic nitrogens is 5. The molecule has 0 bridgehead atoms. The van der Waals surface area contributed by atoms with Gasteiger partial charge in [0, 0.05) is 35.6 Å². The fourth-order valence-electron chi connectivity index (χ4n) is 2.24. The Labute approximate surface area is 132 Å². The van der Waals surface area contributed by atoms with Crippen LogP contribution in [0.1, 0.15) is 5.69 Å². The van der Waals surface area contributed by atoms with Crippen LogP contribution in [0.2, 0.25) is 0 Å². The Morgan fingerprint density at radius 3 is 3.04 bits per heavy atom. The predicted molar refractivity (Wildman–Crippen MR) is 82.4 cm³/mol. The van der Waals surface area contributed by atoms with Crippen LogP contribution in [-0.2, 0) is 6.54 Å². The van der Waals surface area contributed by atoms with E-state index in [0.29, 0.717) is 22.0 Å². The first-order valence-electron chi connectivity index (χ1n) is 6.65. The van der Waals surface area contributed by atoms with Gasteiger partial charge in [-0.1, -0.05) is 5.16 Å². The van der Waals surface area contributed by atoms with Crippen molar-refractivity contribution in [1.29, 1.82) is 0 Å². The quantitative estimate of drug-likeness (QED) is 0.557. The minimum absolute atomic E-state index is 0.0935. The summed E-state index contributed by atoms with van der Waals surface area (Å²) in [6, 6.07) is 4.90. The van der Waals surface area contributed by atoms with Gasteiger partial charge < -0.3 is 0 Å². The molecule has 0 aromatic carbocycles. The molecule has 0 aliphatic heterocycles. The highest BCUT2D eigenvalue weighted by Gasteiger charge is 2.14. The van der Waals surface area contributed by atoms with Gasteiger partial charge in [0.1, 0.15) is 0 Å². The molecule has 0 unspecified atom stereocenters. The van der Waals surface area contributed by atoms with E-state index in [0.717, 1.165) is 0 Å². The summed E-state index contributed by atoms with van der Waals surface area (Å²) in [5.41, 5.74) is 0.916. The van der Waals surface area contributed by atoms with Gasteiger partial charge in [0.05, 0.1) is 12.2 Å². The molecule has 4 rings (SSSR count). The molecule has 0 saturated carbocycles. The van der Waals surface area contributed by atoms with E-state index in [9.17, 15) is 9.59 Å². The van der Waals surface area contributed by atoms with Gasteiger partial charge in [-0.2, -0.15) is 0 Å². The Kier molecular flexibility index (Phi) is 3.12. The fourth-order valence-corrected chi connectivity index (χ4v) is 2.98. The molecular weight excluding hydrogens is 318 g/mol. The second-order valence-electron chi connectivity index (χ2n) is 4.74. The lowest BCUT2D eigenvalue weighted by Gasteiger charge is -2.04. The lowest BCUT2D eigenvalue weighted by molar-refractivity contribution is 0.378. The van der Waals surface area contributed by atoms with Gasteiger partial charge in [0.2, 0.25) is 0 Å². The summed E-state index contributed by atoms with van der Waals surface area (Å²) in [7, 11) is 0. The number of hydrogen-bond acceptors (Lipinski definition) is 7. The number of nitrogens with zero attached hydrogens (tertiary/aromatic N) is 5. The predicted octanol–water partition coefficient (Wildman–Crippen LogP) is 1.02. The van der Waals surface area contributed by atoms with E-state index in [1.807, 2.05) is 0 Å². The van der Waals surface area contributed by atoms with Gasteiger partial charge in [0.25, 0.3) is 5.56 Å². The number of fused-ring (bicyclic) bond motifs is 1. The maximum Gasteiger partial charge on any atom is 0.442 e. The second-order valence-corrected chi connectivity index (χ2v) is 5.61. The van der Waals surface area contributed by atoms with E-state index >= 15 is 0 Å². The number of pyridine rings is 1. The summed E-state index contributed by atoms with van der Waals surface area (Å²) in [6.07, 6.45) is 4.86. The van der Waals surface area contributed by atoms with Crippen molar-refractivity contribution >= 4 is 16.3 Å². The molecule has 0 fully saturated rings. The third kappa shape index (κ3) is 2.36. The van der Waals surface area contributed by atoms with Crippen molar-refractivity contribution in [2.24, 2.45) is 0 Å². The van der Waals surface area contributed by atoms with E-state index in [4.69, 9.17) is 4.52 Å². The molecule has 0 N–H and O–H groups in total. The zero-order valence-corrected chi connectivity index (χ0v) is 12.4. The summed E-state index contributed by atoms with van der Waals surface area (Å²) in [5.74, 6) is -0.270. The van der Waals surface area contributed by atoms with Crippen LogP contribution in [0.3, 0.4) is 0 Å². The lowest BCUT2D eigenvalue weighted by atomic mass is 10.2. The smallest absolute Gasteiger partial charge is 0.295 e. The molecule has 0 spiro atoms. The van der Waals surface area contributed by atoms with Crippen molar-refractivity contribution in [3.8, 4) is 11.4 Å². The first kappa shape index (κ1) is 13.6. The van der Waals surface area contributed by atoms with Crippen molar-refractivity contribution in [3.05, 3.63) is 68.8 Å². The van der Waals surface area contributed by atoms with E-state index in [2.05, 4.69) is 15.1 Å². The molecule has 0 aliphatic carbocycles. The van der Waals surface area contributed by atoms with Crippen LogP contribution in [0.15, 0.2) is 56.3 Å². The molecule has 0 radical (unpaired) electrons. The SMILES string of the molecule is O=c1onc(-c2cccnc2)n1Cc1cc(=O)n2ccsc2n1. The Morgan fingerprint density at radius 1 is 1.30 bits per heavy atom. The van der Waals surface area contributed by atoms with Crippen LogP contribution in [0, 0.1) is 0 Å².